The third-order valence-electron chi connectivity index (χ3n) is 4.99. The Morgan fingerprint density at radius 2 is 1.74 bits per heavy atom. The number of rotatable bonds is 4. The minimum Gasteiger partial charge on any atom is -0.384 e. The van der Waals surface area contributed by atoms with Crippen molar-refractivity contribution >= 4 is 11.5 Å². The highest BCUT2D eigenvalue weighted by Crippen LogP contribution is 2.35. The first-order valence-electron chi connectivity index (χ1n) is 9.72. The number of nitrogen functional groups attached to an aromatic ring is 1. The number of pyridine rings is 1. The summed E-state index contributed by atoms with van der Waals surface area (Å²) >= 11 is 0. The molecule has 14 heteroatoms. The molecular formula is C21H11F6N7O. The molecule has 5 aromatic rings. The number of fused-ring (bicyclic) bond motifs is 1. The van der Waals surface area contributed by atoms with Gasteiger partial charge < -0.3 is 10.3 Å². The first-order valence-corrected chi connectivity index (χ1v) is 9.72. The van der Waals surface area contributed by atoms with Gasteiger partial charge in [0.05, 0.1) is 17.5 Å². The Balaban J connectivity index is 1.63. The Kier molecular flexibility index (Phi) is 5.15. The number of halogens is 6. The molecule has 0 aliphatic rings. The van der Waals surface area contributed by atoms with Gasteiger partial charge in [0, 0.05) is 17.3 Å². The molecular weight excluding hydrogens is 480 g/mol. The van der Waals surface area contributed by atoms with Crippen molar-refractivity contribution in [2.75, 3.05) is 5.73 Å². The lowest BCUT2D eigenvalue weighted by Gasteiger charge is -2.11. The fraction of sp³-hybridized carbons (Fsp3) is 0.0952. The quantitative estimate of drug-likeness (QED) is 0.345. The zero-order valence-electron chi connectivity index (χ0n) is 17.1. The van der Waals surface area contributed by atoms with Gasteiger partial charge in [0.15, 0.2) is 5.65 Å². The SMILES string of the molecule is Nc1ccc(-c2noc(-c3cnn4c(C(F)F)cc(-c5ccc(C(F)(F)F)c(F)c5)nc34)n2)cn1. The Morgan fingerprint density at radius 1 is 0.971 bits per heavy atom. The largest absolute Gasteiger partial charge is 0.419 e. The molecule has 2 N–H and O–H groups in total. The minimum absolute atomic E-state index is 0.0725. The number of alkyl halides is 5. The second kappa shape index (κ2) is 8.07. The molecule has 35 heavy (non-hydrogen) atoms. The molecule has 0 saturated carbocycles. The lowest BCUT2D eigenvalue weighted by molar-refractivity contribution is -0.139. The van der Waals surface area contributed by atoms with Crippen LogP contribution in [0, 0.1) is 5.82 Å². The van der Waals surface area contributed by atoms with Crippen molar-refractivity contribution < 1.29 is 30.9 Å². The maximum absolute atomic E-state index is 14.1. The Hall–Kier alpha value is -4.49. The van der Waals surface area contributed by atoms with Gasteiger partial charge in [0.25, 0.3) is 12.3 Å². The zero-order chi connectivity index (χ0) is 24.9. The number of hydrogen-bond donors (Lipinski definition) is 1. The molecule has 0 unspecified atom stereocenters. The van der Waals surface area contributed by atoms with Gasteiger partial charge in [0.1, 0.15) is 22.9 Å². The van der Waals surface area contributed by atoms with Crippen molar-refractivity contribution in [2.24, 2.45) is 0 Å². The van der Waals surface area contributed by atoms with E-state index in [4.69, 9.17) is 10.3 Å². The highest BCUT2D eigenvalue weighted by molar-refractivity contribution is 5.75. The van der Waals surface area contributed by atoms with Crippen LogP contribution in [0.5, 0.6) is 0 Å². The molecule has 178 valence electrons. The lowest BCUT2D eigenvalue weighted by atomic mass is 10.1. The summed E-state index contributed by atoms with van der Waals surface area (Å²) in [6.45, 7) is 0. The predicted octanol–water partition coefficient (Wildman–Crippen LogP) is 5.19. The van der Waals surface area contributed by atoms with Crippen LogP contribution in [0.25, 0.3) is 39.7 Å². The summed E-state index contributed by atoms with van der Waals surface area (Å²) in [6.07, 6.45) is -5.37. The molecule has 0 radical (unpaired) electrons. The van der Waals surface area contributed by atoms with Crippen LogP contribution in [-0.4, -0.2) is 29.7 Å². The van der Waals surface area contributed by atoms with Crippen molar-refractivity contribution in [3.63, 3.8) is 0 Å². The summed E-state index contributed by atoms with van der Waals surface area (Å²) < 4.78 is 86.5. The fourth-order valence-corrected chi connectivity index (χ4v) is 3.33. The smallest absolute Gasteiger partial charge is 0.384 e. The van der Waals surface area contributed by atoms with E-state index in [9.17, 15) is 26.3 Å². The van der Waals surface area contributed by atoms with Crippen LogP contribution in [0.15, 0.2) is 53.3 Å². The summed E-state index contributed by atoms with van der Waals surface area (Å²) in [5, 5.41) is 7.73. The van der Waals surface area contributed by atoms with Gasteiger partial charge in [-0.05, 0) is 30.3 Å². The van der Waals surface area contributed by atoms with Crippen molar-refractivity contribution in [1.82, 2.24) is 29.7 Å². The van der Waals surface area contributed by atoms with Crippen molar-refractivity contribution in [1.29, 1.82) is 0 Å². The maximum atomic E-state index is 14.1. The summed E-state index contributed by atoms with van der Waals surface area (Å²) in [5.74, 6) is -1.28. The van der Waals surface area contributed by atoms with Crippen molar-refractivity contribution in [3.05, 3.63) is 65.9 Å². The van der Waals surface area contributed by atoms with Gasteiger partial charge >= 0.3 is 6.18 Å². The van der Waals surface area contributed by atoms with E-state index in [1.165, 1.54) is 18.5 Å². The average molecular weight is 491 g/mol. The maximum Gasteiger partial charge on any atom is 0.419 e. The summed E-state index contributed by atoms with van der Waals surface area (Å²) in [4.78, 5) is 12.3. The third-order valence-corrected chi connectivity index (χ3v) is 4.99. The first kappa shape index (κ1) is 22.3. The van der Waals surface area contributed by atoms with Gasteiger partial charge in [-0.15, -0.1) is 0 Å². The second-order valence-corrected chi connectivity index (χ2v) is 7.25. The van der Waals surface area contributed by atoms with E-state index >= 15 is 0 Å². The molecule has 0 bridgehead atoms. The van der Waals surface area contributed by atoms with Crippen LogP contribution in [0.2, 0.25) is 0 Å². The van der Waals surface area contributed by atoms with E-state index in [0.717, 1.165) is 16.6 Å². The van der Waals surface area contributed by atoms with Crippen LogP contribution < -0.4 is 5.73 Å². The molecule has 0 saturated heterocycles. The molecule has 0 amide bonds. The van der Waals surface area contributed by atoms with Crippen LogP contribution in [0.4, 0.5) is 32.2 Å². The molecule has 0 aliphatic heterocycles. The minimum atomic E-state index is -4.91. The normalized spacial score (nSPS) is 12.1. The number of aromatic nitrogens is 6. The van der Waals surface area contributed by atoms with Gasteiger partial charge in [-0.3, -0.25) is 0 Å². The van der Waals surface area contributed by atoms with E-state index in [1.54, 1.807) is 6.07 Å². The number of benzene rings is 1. The summed E-state index contributed by atoms with van der Waals surface area (Å²) in [5.41, 5.74) is 3.48. The standard InChI is InChI=1S/C21H11F6N7O/c22-13-5-9(1-3-12(13)21(25,26)27)14-6-15(17(23)24)34-19(31-14)11(8-30-34)20-32-18(33-35-20)10-2-4-16(28)29-7-10/h1-8,17H,(H2,28,29). The molecule has 0 fully saturated rings. The zero-order valence-corrected chi connectivity index (χ0v) is 17.1. The van der Waals surface area contributed by atoms with Crippen molar-refractivity contribution in [2.45, 2.75) is 12.6 Å². The third kappa shape index (κ3) is 4.02. The molecule has 0 spiro atoms. The topological polar surface area (TPSA) is 108 Å². The number of anilines is 1. The molecule has 8 nitrogen and oxygen atoms in total. The van der Waals surface area contributed by atoms with Crippen LogP contribution in [0.1, 0.15) is 17.7 Å². The Morgan fingerprint density at radius 3 is 2.40 bits per heavy atom. The van der Waals surface area contributed by atoms with Gasteiger partial charge in [-0.2, -0.15) is 23.3 Å². The molecule has 5 rings (SSSR count). The molecule has 4 aromatic heterocycles. The van der Waals surface area contributed by atoms with E-state index in [1.807, 2.05) is 0 Å². The van der Waals surface area contributed by atoms with Crippen LogP contribution >= 0.6 is 0 Å². The van der Waals surface area contributed by atoms with Gasteiger partial charge in [-0.25, -0.2) is 27.7 Å². The molecule has 4 heterocycles. The fourth-order valence-electron chi connectivity index (χ4n) is 3.33. The number of hydrogen-bond acceptors (Lipinski definition) is 7. The van der Waals surface area contributed by atoms with Crippen LogP contribution in [0.3, 0.4) is 0 Å². The average Bonchev–Trinajstić information content (AvgIpc) is 3.45. The van der Waals surface area contributed by atoms with Gasteiger partial charge in [0.2, 0.25) is 5.82 Å². The molecule has 0 aliphatic carbocycles. The van der Waals surface area contributed by atoms with Crippen LogP contribution in [-0.2, 0) is 6.18 Å². The highest BCUT2D eigenvalue weighted by Gasteiger charge is 2.34. The molecule has 1 aromatic carbocycles. The van der Waals surface area contributed by atoms with E-state index in [0.29, 0.717) is 17.7 Å². The van der Waals surface area contributed by atoms with E-state index < -0.39 is 29.7 Å². The van der Waals surface area contributed by atoms with Gasteiger partial charge in [-0.1, -0.05) is 11.2 Å². The van der Waals surface area contributed by atoms with E-state index in [2.05, 4.69) is 25.2 Å². The summed E-state index contributed by atoms with van der Waals surface area (Å²) in [6, 6.07) is 6.06. The van der Waals surface area contributed by atoms with Crippen molar-refractivity contribution in [3.8, 4) is 34.1 Å². The first-order chi connectivity index (χ1) is 16.6. The Bertz CT molecular complexity index is 1540. The number of nitrogens with zero attached hydrogens (tertiary/aromatic N) is 6. The lowest BCUT2D eigenvalue weighted by Crippen LogP contribution is -2.08. The number of nitrogens with two attached hydrogens (primary N) is 1. The predicted molar refractivity (Wildman–Crippen MR) is 109 cm³/mol. The Labute approximate surface area is 191 Å². The molecule has 0 atom stereocenters. The monoisotopic (exact) mass is 491 g/mol. The second-order valence-electron chi connectivity index (χ2n) is 7.25. The highest BCUT2D eigenvalue weighted by atomic mass is 19.4. The summed E-state index contributed by atoms with van der Waals surface area (Å²) in [7, 11) is 0. The van der Waals surface area contributed by atoms with E-state index in [-0.39, 0.29) is 40.0 Å².